The summed E-state index contributed by atoms with van der Waals surface area (Å²) < 4.78 is 17.2. The number of aromatic nitrogens is 1. The minimum absolute atomic E-state index is 0.167. The van der Waals surface area contributed by atoms with E-state index in [1.54, 1.807) is 18.5 Å². The highest BCUT2D eigenvalue weighted by molar-refractivity contribution is 5.85. The Labute approximate surface area is 138 Å². The number of para-hydroxylation sites is 1. The number of hydrogen-bond acceptors (Lipinski definition) is 5. The topological polar surface area (TPSA) is 61.6 Å². The van der Waals surface area contributed by atoms with E-state index < -0.39 is 6.29 Å². The average Bonchev–Trinajstić information content (AvgIpc) is 2.62. The van der Waals surface area contributed by atoms with Crippen molar-refractivity contribution < 1.29 is 13.9 Å². The van der Waals surface area contributed by atoms with Gasteiger partial charge in [0, 0.05) is 31.3 Å². The molecule has 5 nitrogen and oxygen atoms in total. The lowest BCUT2D eigenvalue weighted by Gasteiger charge is -2.31. The molecule has 1 aromatic carbocycles. The summed E-state index contributed by atoms with van der Waals surface area (Å²) in [6.07, 6.45) is 3.64. The van der Waals surface area contributed by atoms with Crippen LogP contribution >= 0.6 is 0 Å². The SMILES string of the molecule is CCO[C@H]1C[C@@H](c2cccnc2)c2c(c3ccccc3oc2=O)O1. The predicted octanol–water partition coefficient (Wildman–Crippen LogP) is 3.47. The van der Waals surface area contributed by atoms with Gasteiger partial charge < -0.3 is 13.9 Å². The first kappa shape index (κ1) is 14.9. The average molecular weight is 323 g/mol. The second kappa shape index (κ2) is 6.09. The van der Waals surface area contributed by atoms with E-state index in [-0.39, 0.29) is 11.5 Å². The molecule has 3 aromatic rings. The van der Waals surface area contributed by atoms with Gasteiger partial charge in [-0.15, -0.1) is 0 Å². The Kier molecular flexibility index (Phi) is 3.78. The Hall–Kier alpha value is -2.66. The molecule has 0 aliphatic carbocycles. The van der Waals surface area contributed by atoms with E-state index in [1.165, 1.54) is 0 Å². The molecule has 0 radical (unpaired) electrons. The second-order valence-electron chi connectivity index (χ2n) is 5.71. The van der Waals surface area contributed by atoms with Gasteiger partial charge in [-0.2, -0.15) is 0 Å². The van der Waals surface area contributed by atoms with Crippen molar-refractivity contribution in [2.75, 3.05) is 6.61 Å². The first-order chi connectivity index (χ1) is 11.8. The molecule has 24 heavy (non-hydrogen) atoms. The third-order valence-electron chi connectivity index (χ3n) is 4.26. The second-order valence-corrected chi connectivity index (χ2v) is 5.71. The van der Waals surface area contributed by atoms with Crippen LogP contribution in [0.1, 0.15) is 30.4 Å². The molecule has 1 aliphatic rings. The first-order valence-electron chi connectivity index (χ1n) is 8.02. The van der Waals surface area contributed by atoms with E-state index in [4.69, 9.17) is 13.9 Å². The smallest absolute Gasteiger partial charge is 0.343 e. The molecule has 0 bridgehead atoms. The Bertz CT molecular complexity index is 920. The van der Waals surface area contributed by atoms with Gasteiger partial charge >= 0.3 is 5.63 Å². The molecule has 122 valence electrons. The zero-order valence-corrected chi connectivity index (χ0v) is 13.3. The summed E-state index contributed by atoms with van der Waals surface area (Å²) in [6.45, 7) is 2.47. The number of rotatable bonds is 3. The van der Waals surface area contributed by atoms with E-state index in [2.05, 4.69) is 4.98 Å². The highest BCUT2D eigenvalue weighted by Gasteiger charge is 2.34. The quantitative estimate of drug-likeness (QED) is 0.691. The number of pyridine rings is 1. The van der Waals surface area contributed by atoms with Gasteiger partial charge in [0.1, 0.15) is 11.3 Å². The molecule has 3 heterocycles. The summed E-state index contributed by atoms with van der Waals surface area (Å²) in [4.78, 5) is 16.8. The van der Waals surface area contributed by atoms with Crippen LogP contribution in [0.2, 0.25) is 0 Å². The minimum atomic E-state index is -0.405. The van der Waals surface area contributed by atoms with E-state index in [1.807, 2.05) is 37.3 Å². The van der Waals surface area contributed by atoms with Crippen molar-refractivity contribution in [2.24, 2.45) is 0 Å². The molecule has 0 saturated carbocycles. The summed E-state index contributed by atoms with van der Waals surface area (Å²) in [6, 6.07) is 11.2. The zero-order valence-electron chi connectivity index (χ0n) is 13.3. The minimum Gasteiger partial charge on any atom is -0.464 e. The van der Waals surface area contributed by atoms with Gasteiger partial charge in [0.25, 0.3) is 0 Å². The van der Waals surface area contributed by atoms with Gasteiger partial charge in [0.2, 0.25) is 6.29 Å². The molecular formula is C19H17NO4. The van der Waals surface area contributed by atoms with Crippen LogP contribution in [-0.2, 0) is 4.74 Å². The largest absolute Gasteiger partial charge is 0.464 e. The maximum Gasteiger partial charge on any atom is 0.343 e. The summed E-state index contributed by atoms with van der Waals surface area (Å²) >= 11 is 0. The van der Waals surface area contributed by atoms with Crippen LogP contribution < -0.4 is 10.4 Å². The van der Waals surface area contributed by atoms with Gasteiger partial charge in [0.05, 0.1) is 10.9 Å². The van der Waals surface area contributed by atoms with E-state index in [0.29, 0.717) is 29.9 Å². The van der Waals surface area contributed by atoms with Crippen molar-refractivity contribution >= 4 is 11.0 Å². The lowest BCUT2D eigenvalue weighted by molar-refractivity contribution is -0.0890. The van der Waals surface area contributed by atoms with Crippen molar-refractivity contribution in [1.82, 2.24) is 4.98 Å². The molecule has 0 spiro atoms. The molecule has 0 N–H and O–H groups in total. The standard InChI is InChI=1S/C19H17NO4/c1-2-22-16-10-14(12-6-5-9-20-11-12)17-18(24-16)13-7-3-4-8-15(13)23-19(17)21/h3-9,11,14,16H,2,10H2,1H3/t14-,16+/m0/s1. The molecule has 0 amide bonds. The molecule has 5 heteroatoms. The van der Waals surface area contributed by atoms with Crippen molar-refractivity contribution in [3.05, 3.63) is 70.3 Å². The number of nitrogens with zero attached hydrogens (tertiary/aromatic N) is 1. The third-order valence-corrected chi connectivity index (χ3v) is 4.26. The van der Waals surface area contributed by atoms with Crippen LogP contribution in [0.15, 0.2) is 58.0 Å². The molecule has 0 fully saturated rings. The fourth-order valence-electron chi connectivity index (χ4n) is 3.23. The van der Waals surface area contributed by atoms with Gasteiger partial charge in [0.15, 0.2) is 0 Å². The van der Waals surface area contributed by atoms with E-state index >= 15 is 0 Å². The lowest BCUT2D eigenvalue weighted by Crippen LogP contribution is -2.32. The maximum absolute atomic E-state index is 12.6. The van der Waals surface area contributed by atoms with Crippen LogP contribution in [0.3, 0.4) is 0 Å². The van der Waals surface area contributed by atoms with Crippen molar-refractivity contribution in [3.63, 3.8) is 0 Å². The molecule has 0 saturated heterocycles. The van der Waals surface area contributed by atoms with Gasteiger partial charge in [-0.3, -0.25) is 4.98 Å². The summed E-state index contributed by atoms with van der Waals surface area (Å²) in [5.74, 6) is 0.389. The van der Waals surface area contributed by atoms with Gasteiger partial charge in [-0.1, -0.05) is 18.2 Å². The Morgan fingerprint density at radius 3 is 2.92 bits per heavy atom. The van der Waals surface area contributed by atoms with Gasteiger partial charge in [-0.05, 0) is 30.7 Å². The van der Waals surface area contributed by atoms with E-state index in [0.717, 1.165) is 10.9 Å². The van der Waals surface area contributed by atoms with Crippen molar-refractivity contribution in [1.29, 1.82) is 0 Å². The molecule has 1 aliphatic heterocycles. The van der Waals surface area contributed by atoms with Crippen LogP contribution in [0.5, 0.6) is 5.75 Å². The van der Waals surface area contributed by atoms with Crippen molar-refractivity contribution in [2.45, 2.75) is 25.6 Å². The fraction of sp³-hybridized carbons (Fsp3) is 0.263. The van der Waals surface area contributed by atoms with Crippen LogP contribution in [-0.4, -0.2) is 17.9 Å². The van der Waals surface area contributed by atoms with Crippen LogP contribution in [0.25, 0.3) is 11.0 Å². The lowest BCUT2D eigenvalue weighted by atomic mass is 9.87. The van der Waals surface area contributed by atoms with Crippen LogP contribution in [0.4, 0.5) is 0 Å². The summed E-state index contributed by atoms with van der Waals surface area (Å²) in [5.41, 5.74) is 1.64. The number of ether oxygens (including phenoxy) is 2. The highest BCUT2D eigenvalue weighted by atomic mass is 16.7. The third kappa shape index (κ3) is 2.47. The van der Waals surface area contributed by atoms with E-state index in [9.17, 15) is 4.79 Å². The Morgan fingerprint density at radius 2 is 2.12 bits per heavy atom. The normalized spacial score (nSPS) is 19.7. The molecular weight excluding hydrogens is 306 g/mol. The molecule has 4 rings (SSSR count). The predicted molar refractivity (Wildman–Crippen MR) is 89.2 cm³/mol. The first-order valence-corrected chi connectivity index (χ1v) is 8.02. The summed E-state index contributed by atoms with van der Waals surface area (Å²) in [5, 5.41) is 0.783. The molecule has 2 atom stereocenters. The number of benzene rings is 1. The highest BCUT2D eigenvalue weighted by Crippen LogP contribution is 2.42. The number of hydrogen-bond donors (Lipinski definition) is 0. The molecule has 0 unspecified atom stereocenters. The molecule has 2 aromatic heterocycles. The fourth-order valence-corrected chi connectivity index (χ4v) is 3.23. The Morgan fingerprint density at radius 1 is 1.25 bits per heavy atom. The summed E-state index contributed by atoms with van der Waals surface area (Å²) in [7, 11) is 0. The van der Waals surface area contributed by atoms with Crippen LogP contribution in [0, 0.1) is 0 Å². The Balaban J connectivity index is 1.95. The number of fused-ring (bicyclic) bond motifs is 3. The maximum atomic E-state index is 12.6. The van der Waals surface area contributed by atoms with Crippen molar-refractivity contribution in [3.8, 4) is 5.75 Å². The monoisotopic (exact) mass is 323 g/mol. The zero-order chi connectivity index (χ0) is 16.5. The van der Waals surface area contributed by atoms with Gasteiger partial charge in [-0.25, -0.2) is 4.79 Å².